The summed E-state index contributed by atoms with van der Waals surface area (Å²) < 4.78 is 2.33. The van der Waals surface area contributed by atoms with Crippen LogP contribution in [-0.2, 0) is 13.1 Å². The number of aryl methyl sites for hydroxylation is 1. The van der Waals surface area contributed by atoms with Gasteiger partial charge in [-0.2, -0.15) is 0 Å². The largest absolute Gasteiger partial charge is 0.350 e. The van der Waals surface area contributed by atoms with E-state index in [0.29, 0.717) is 6.04 Å². The Bertz CT molecular complexity index is 431. The third kappa shape index (κ3) is 3.20. The number of aromatic nitrogens is 1. The minimum atomic E-state index is 0.431. The molecular formula is C14H20N2S. The monoisotopic (exact) mass is 248 g/mol. The van der Waals surface area contributed by atoms with Gasteiger partial charge in [0.25, 0.3) is 0 Å². The van der Waals surface area contributed by atoms with Crippen molar-refractivity contribution in [1.29, 1.82) is 0 Å². The van der Waals surface area contributed by atoms with E-state index in [-0.39, 0.29) is 0 Å². The predicted octanol–water partition coefficient (Wildman–Crippen LogP) is 3.81. The number of hydrogen-bond acceptors (Lipinski definition) is 2. The molecule has 0 aliphatic heterocycles. The molecule has 2 nitrogen and oxygen atoms in total. The lowest BCUT2D eigenvalue weighted by Gasteiger charge is -2.13. The smallest absolute Gasteiger partial charge is 0.0389 e. The second kappa shape index (κ2) is 6.03. The standard InChI is InChI=1S/C14H20N2S/c1-3-8-16-9-4-6-13(16)11-15-12(2)14-7-5-10-17-14/h4-7,9-10,12,15H,3,8,11H2,1-2H3/t12-/m1/s1. The van der Waals surface area contributed by atoms with E-state index in [0.717, 1.165) is 13.1 Å². The Labute approximate surface area is 107 Å². The minimum absolute atomic E-state index is 0.431. The van der Waals surface area contributed by atoms with Gasteiger partial charge in [-0.25, -0.2) is 0 Å². The van der Waals surface area contributed by atoms with E-state index in [1.165, 1.54) is 17.0 Å². The van der Waals surface area contributed by atoms with Crippen LogP contribution in [0.15, 0.2) is 35.8 Å². The summed E-state index contributed by atoms with van der Waals surface area (Å²) in [6.45, 7) is 6.48. The molecule has 3 heteroatoms. The summed E-state index contributed by atoms with van der Waals surface area (Å²) in [5.74, 6) is 0. The number of nitrogens with zero attached hydrogens (tertiary/aromatic N) is 1. The van der Waals surface area contributed by atoms with Gasteiger partial charge in [-0.15, -0.1) is 11.3 Å². The van der Waals surface area contributed by atoms with E-state index >= 15 is 0 Å². The zero-order chi connectivity index (χ0) is 12.1. The molecule has 0 amide bonds. The maximum absolute atomic E-state index is 3.58. The second-order valence-electron chi connectivity index (χ2n) is 4.31. The summed E-state index contributed by atoms with van der Waals surface area (Å²) in [7, 11) is 0. The molecule has 0 saturated heterocycles. The first-order valence-electron chi connectivity index (χ1n) is 6.22. The van der Waals surface area contributed by atoms with Crippen LogP contribution >= 0.6 is 11.3 Å². The van der Waals surface area contributed by atoms with Gasteiger partial charge in [-0.05, 0) is 36.9 Å². The Morgan fingerprint density at radius 2 is 2.24 bits per heavy atom. The van der Waals surface area contributed by atoms with E-state index in [4.69, 9.17) is 0 Å². The third-order valence-corrected chi connectivity index (χ3v) is 4.00. The van der Waals surface area contributed by atoms with Gasteiger partial charge in [0.05, 0.1) is 0 Å². The highest BCUT2D eigenvalue weighted by Crippen LogP contribution is 2.18. The van der Waals surface area contributed by atoms with E-state index in [1.54, 1.807) is 0 Å². The van der Waals surface area contributed by atoms with Crippen LogP contribution in [0, 0.1) is 0 Å². The maximum Gasteiger partial charge on any atom is 0.0389 e. The van der Waals surface area contributed by atoms with Gasteiger partial charge >= 0.3 is 0 Å². The van der Waals surface area contributed by atoms with Crippen molar-refractivity contribution in [3.05, 3.63) is 46.4 Å². The third-order valence-electron chi connectivity index (χ3n) is 2.95. The number of rotatable bonds is 6. The highest BCUT2D eigenvalue weighted by molar-refractivity contribution is 7.10. The highest BCUT2D eigenvalue weighted by atomic mass is 32.1. The van der Waals surface area contributed by atoms with Crippen molar-refractivity contribution in [3.63, 3.8) is 0 Å². The molecule has 1 atom stereocenters. The molecule has 0 aliphatic rings. The molecule has 1 N–H and O–H groups in total. The summed E-state index contributed by atoms with van der Waals surface area (Å²) in [6.07, 6.45) is 3.35. The molecule has 0 bridgehead atoms. The van der Waals surface area contributed by atoms with Crippen molar-refractivity contribution in [3.8, 4) is 0 Å². The molecule has 0 fully saturated rings. The molecule has 0 aromatic carbocycles. The molecule has 2 aromatic heterocycles. The van der Waals surface area contributed by atoms with Gasteiger partial charge in [0.15, 0.2) is 0 Å². The average Bonchev–Trinajstić information content (AvgIpc) is 2.97. The van der Waals surface area contributed by atoms with Crippen LogP contribution in [0.5, 0.6) is 0 Å². The molecular weight excluding hydrogens is 228 g/mol. The normalized spacial score (nSPS) is 12.8. The maximum atomic E-state index is 3.58. The molecule has 0 radical (unpaired) electrons. The topological polar surface area (TPSA) is 17.0 Å². The van der Waals surface area contributed by atoms with E-state index in [2.05, 4.69) is 59.6 Å². The summed E-state index contributed by atoms with van der Waals surface area (Å²) >= 11 is 1.81. The lowest BCUT2D eigenvalue weighted by Crippen LogP contribution is -2.19. The quantitative estimate of drug-likeness (QED) is 0.822. The summed E-state index contributed by atoms with van der Waals surface area (Å²) in [6, 6.07) is 9.05. The van der Waals surface area contributed by atoms with Crippen molar-refractivity contribution in [2.45, 2.75) is 39.4 Å². The average molecular weight is 248 g/mol. The van der Waals surface area contributed by atoms with Crippen LogP contribution < -0.4 is 5.32 Å². The van der Waals surface area contributed by atoms with Crippen LogP contribution in [-0.4, -0.2) is 4.57 Å². The van der Waals surface area contributed by atoms with Gasteiger partial charge in [0.1, 0.15) is 0 Å². The van der Waals surface area contributed by atoms with Crippen LogP contribution in [0.1, 0.15) is 36.9 Å². The Balaban J connectivity index is 1.91. The van der Waals surface area contributed by atoms with Crippen LogP contribution in [0.4, 0.5) is 0 Å². The SMILES string of the molecule is CCCn1cccc1CN[C@H](C)c1cccs1. The van der Waals surface area contributed by atoms with Gasteiger partial charge in [-0.3, -0.25) is 0 Å². The minimum Gasteiger partial charge on any atom is -0.350 e. The molecule has 0 unspecified atom stereocenters. The van der Waals surface area contributed by atoms with Crippen molar-refractivity contribution >= 4 is 11.3 Å². The first kappa shape index (κ1) is 12.4. The molecule has 0 spiro atoms. The Hall–Kier alpha value is -1.06. The Morgan fingerprint density at radius 3 is 2.94 bits per heavy atom. The van der Waals surface area contributed by atoms with Gasteiger partial charge < -0.3 is 9.88 Å². The number of hydrogen-bond donors (Lipinski definition) is 1. The first-order valence-corrected chi connectivity index (χ1v) is 7.10. The second-order valence-corrected chi connectivity index (χ2v) is 5.29. The van der Waals surface area contributed by atoms with Crippen molar-refractivity contribution in [2.75, 3.05) is 0 Å². The fraction of sp³-hybridized carbons (Fsp3) is 0.429. The lowest BCUT2D eigenvalue weighted by atomic mass is 10.2. The van der Waals surface area contributed by atoms with Crippen molar-refractivity contribution in [1.82, 2.24) is 9.88 Å². The molecule has 0 saturated carbocycles. The van der Waals surface area contributed by atoms with Crippen LogP contribution in [0.2, 0.25) is 0 Å². The first-order chi connectivity index (χ1) is 8.31. The predicted molar refractivity (Wildman–Crippen MR) is 74.3 cm³/mol. The number of thiophene rings is 1. The zero-order valence-electron chi connectivity index (χ0n) is 10.5. The van der Waals surface area contributed by atoms with Crippen LogP contribution in [0.25, 0.3) is 0 Å². The molecule has 2 heterocycles. The summed E-state index contributed by atoms with van der Waals surface area (Å²) in [5.41, 5.74) is 1.37. The molecule has 2 aromatic rings. The van der Waals surface area contributed by atoms with Crippen molar-refractivity contribution < 1.29 is 0 Å². The van der Waals surface area contributed by atoms with Gasteiger partial charge in [0.2, 0.25) is 0 Å². The van der Waals surface area contributed by atoms with E-state index in [1.807, 2.05) is 11.3 Å². The molecule has 0 aliphatic carbocycles. The fourth-order valence-electron chi connectivity index (χ4n) is 1.96. The fourth-order valence-corrected chi connectivity index (χ4v) is 2.72. The van der Waals surface area contributed by atoms with Crippen LogP contribution in [0.3, 0.4) is 0 Å². The molecule has 92 valence electrons. The Kier molecular flexibility index (Phi) is 4.40. The Morgan fingerprint density at radius 1 is 1.35 bits per heavy atom. The lowest BCUT2D eigenvalue weighted by molar-refractivity contribution is 0.547. The van der Waals surface area contributed by atoms with Gasteiger partial charge in [-0.1, -0.05) is 13.0 Å². The molecule has 2 rings (SSSR count). The molecule has 17 heavy (non-hydrogen) atoms. The zero-order valence-corrected chi connectivity index (χ0v) is 11.3. The highest BCUT2D eigenvalue weighted by Gasteiger charge is 2.06. The van der Waals surface area contributed by atoms with E-state index < -0.39 is 0 Å². The number of nitrogens with one attached hydrogen (secondary N) is 1. The van der Waals surface area contributed by atoms with Crippen molar-refractivity contribution in [2.24, 2.45) is 0 Å². The summed E-state index contributed by atoms with van der Waals surface area (Å²) in [5, 5.41) is 5.71. The van der Waals surface area contributed by atoms with Gasteiger partial charge in [0, 0.05) is 35.9 Å². The van der Waals surface area contributed by atoms with E-state index in [9.17, 15) is 0 Å². The summed E-state index contributed by atoms with van der Waals surface area (Å²) in [4.78, 5) is 1.40.